The molecule has 0 radical (unpaired) electrons. The molecular weight excluding hydrogens is 220 g/mol. The predicted molar refractivity (Wildman–Crippen MR) is 49.7 cm³/mol. The van der Waals surface area contributed by atoms with Crippen LogP contribution in [0.15, 0.2) is 29.0 Å². The maximum Gasteiger partial charge on any atom is 0.145 e. The molecule has 0 aromatic carbocycles. The molecule has 0 N–H and O–H groups in total. The molecule has 0 saturated heterocycles. The highest BCUT2D eigenvalue weighted by atomic mass is 79.9. The number of allylic oxidation sites excluding steroid dienone is 1. The molecule has 64 valence electrons. The van der Waals surface area contributed by atoms with Gasteiger partial charge in [0.25, 0.3) is 0 Å². The summed E-state index contributed by atoms with van der Waals surface area (Å²) in [4.78, 5) is 10.2. The second kappa shape index (κ2) is 4.21. The Hall–Kier alpha value is -0.900. The molecule has 12 heavy (non-hydrogen) atoms. The van der Waals surface area contributed by atoms with E-state index in [4.69, 9.17) is 0 Å². The lowest BCUT2D eigenvalue weighted by Crippen LogP contribution is -1.99. The first-order valence-corrected chi connectivity index (χ1v) is 4.32. The van der Waals surface area contributed by atoms with Crippen LogP contribution < -0.4 is 0 Å². The SMILES string of the molecule is C=C(C=O)CCn1cc(Br)cn1. The Balaban J connectivity index is 2.43. The number of aldehydes is 1. The van der Waals surface area contributed by atoms with E-state index in [1.54, 1.807) is 10.9 Å². The van der Waals surface area contributed by atoms with Crippen molar-refractivity contribution in [2.24, 2.45) is 0 Å². The average molecular weight is 229 g/mol. The lowest BCUT2D eigenvalue weighted by molar-refractivity contribution is -0.105. The molecule has 0 bridgehead atoms. The van der Waals surface area contributed by atoms with E-state index in [0.717, 1.165) is 10.8 Å². The third-order valence-electron chi connectivity index (χ3n) is 1.43. The summed E-state index contributed by atoms with van der Waals surface area (Å²) in [5, 5.41) is 4.03. The van der Waals surface area contributed by atoms with Gasteiger partial charge in [0.15, 0.2) is 0 Å². The lowest BCUT2D eigenvalue weighted by atomic mass is 10.2. The summed E-state index contributed by atoms with van der Waals surface area (Å²) in [5.41, 5.74) is 0.599. The van der Waals surface area contributed by atoms with Crippen LogP contribution in [-0.2, 0) is 11.3 Å². The number of hydrogen-bond acceptors (Lipinski definition) is 2. The number of aryl methyl sites for hydroxylation is 1. The van der Waals surface area contributed by atoms with Crippen molar-refractivity contribution >= 4 is 22.2 Å². The number of aromatic nitrogens is 2. The summed E-state index contributed by atoms with van der Waals surface area (Å²) in [6.45, 7) is 4.27. The van der Waals surface area contributed by atoms with Gasteiger partial charge < -0.3 is 0 Å². The van der Waals surface area contributed by atoms with Crippen LogP contribution in [0.25, 0.3) is 0 Å². The first-order chi connectivity index (χ1) is 5.72. The topological polar surface area (TPSA) is 34.9 Å². The van der Waals surface area contributed by atoms with Crippen molar-refractivity contribution in [2.75, 3.05) is 0 Å². The van der Waals surface area contributed by atoms with Gasteiger partial charge in [0, 0.05) is 12.7 Å². The number of halogens is 1. The summed E-state index contributed by atoms with van der Waals surface area (Å²) < 4.78 is 2.71. The van der Waals surface area contributed by atoms with E-state index in [-0.39, 0.29) is 0 Å². The van der Waals surface area contributed by atoms with Crippen molar-refractivity contribution in [1.29, 1.82) is 0 Å². The van der Waals surface area contributed by atoms with Gasteiger partial charge in [-0.2, -0.15) is 5.10 Å². The third-order valence-corrected chi connectivity index (χ3v) is 1.84. The van der Waals surface area contributed by atoms with E-state index < -0.39 is 0 Å². The van der Waals surface area contributed by atoms with Crippen molar-refractivity contribution in [3.8, 4) is 0 Å². The van der Waals surface area contributed by atoms with Crippen LogP contribution in [-0.4, -0.2) is 16.1 Å². The zero-order valence-corrected chi connectivity index (χ0v) is 8.12. The van der Waals surface area contributed by atoms with E-state index in [2.05, 4.69) is 27.6 Å². The molecule has 1 heterocycles. The second-order valence-corrected chi connectivity index (χ2v) is 3.36. The van der Waals surface area contributed by atoms with Crippen molar-refractivity contribution in [3.05, 3.63) is 29.0 Å². The molecule has 0 amide bonds. The van der Waals surface area contributed by atoms with Crippen LogP contribution >= 0.6 is 15.9 Å². The smallest absolute Gasteiger partial charge is 0.145 e. The minimum atomic E-state index is 0.599. The van der Waals surface area contributed by atoms with Gasteiger partial charge in [0.2, 0.25) is 0 Å². The van der Waals surface area contributed by atoms with E-state index in [9.17, 15) is 4.79 Å². The summed E-state index contributed by atoms with van der Waals surface area (Å²) in [6.07, 6.45) is 5.00. The van der Waals surface area contributed by atoms with Gasteiger partial charge in [0.05, 0.1) is 10.7 Å². The van der Waals surface area contributed by atoms with Crippen LogP contribution in [0.5, 0.6) is 0 Å². The Kier molecular flexibility index (Phi) is 3.22. The molecular formula is C8H9BrN2O. The number of nitrogens with zero attached hydrogens (tertiary/aromatic N) is 2. The van der Waals surface area contributed by atoms with E-state index in [0.29, 0.717) is 18.5 Å². The molecule has 1 aromatic rings. The minimum absolute atomic E-state index is 0.599. The minimum Gasteiger partial charge on any atom is -0.298 e. The van der Waals surface area contributed by atoms with Crippen molar-refractivity contribution < 1.29 is 4.79 Å². The van der Waals surface area contributed by atoms with Crippen LogP contribution in [0.2, 0.25) is 0 Å². The Morgan fingerprint density at radius 2 is 2.58 bits per heavy atom. The fourth-order valence-electron chi connectivity index (χ4n) is 0.778. The van der Waals surface area contributed by atoms with Gasteiger partial charge in [-0.05, 0) is 27.9 Å². The van der Waals surface area contributed by atoms with Crippen LogP contribution in [0.4, 0.5) is 0 Å². The molecule has 0 aliphatic carbocycles. The highest BCUT2D eigenvalue weighted by Crippen LogP contribution is 2.07. The Labute approximate surface area is 79.2 Å². The Morgan fingerprint density at radius 1 is 1.83 bits per heavy atom. The largest absolute Gasteiger partial charge is 0.298 e. The highest BCUT2D eigenvalue weighted by Gasteiger charge is 1.96. The van der Waals surface area contributed by atoms with E-state index >= 15 is 0 Å². The van der Waals surface area contributed by atoms with Crippen LogP contribution in [0.1, 0.15) is 6.42 Å². The quantitative estimate of drug-likeness (QED) is 0.582. The van der Waals surface area contributed by atoms with Crippen LogP contribution in [0.3, 0.4) is 0 Å². The molecule has 0 aliphatic rings. The van der Waals surface area contributed by atoms with E-state index in [1.807, 2.05) is 6.20 Å². The summed E-state index contributed by atoms with van der Waals surface area (Å²) in [6, 6.07) is 0. The molecule has 0 unspecified atom stereocenters. The van der Waals surface area contributed by atoms with Crippen molar-refractivity contribution in [2.45, 2.75) is 13.0 Å². The fourth-order valence-corrected chi connectivity index (χ4v) is 1.11. The summed E-state index contributed by atoms with van der Waals surface area (Å²) in [5.74, 6) is 0. The maximum atomic E-state index is 10.2. The van der Waals surface area contributed by atoms with Gasteiger partial charge in [-0.1, -0.05) is 6.58 Å². The molecule has 0 spiro atoms. The zero-order valence-electron chi connectivity index (χ0n) is 6.53. The van der Waals surface area contributed by atoms with Gasteiger partial charge in [0.1, 0.15) is 6.29 Å². The van der Waals surface area contributed by atoms with Crippen molar-refractivity contribution in [1.82, 2.24) is 9.78 Å². The van der Waals surface area contributed by atoms with Gasteiger partial charge in [-0.15, -0.1) is 0 Å². The first-order valence-electron chi connectivity index (χ1n) is 3.53. The highest BCUT2D eigenvalue weighted by molar-refractivity contribution is 9.10. The van der Waals surface area contributed by atoms with Gasteiger partial charge in [-0.25, -0.2) is 0 Å². The molecule has 1 rings (SSSR count). The lowest BCUT2D eigenvalue weighted by Gasteiger charge is -1.98. The molecule has 4 heteroatoms. The molecule has 3 nitrogen and oxygen atoms in total. The first kappa shape index (κ1) is 9.19. The van der Waals surface area contributed by atoms with Gasteiger partial charge in [-0.3, -0.25) is 9.48 Å². The Morgan fingerprint density at radius 3 is 3.08 bits per heavy atom. The zero-order chi connectivity index (χ0) is 8.97. The van der Waals surface area contributed by atoms with Crippen molar-refractivity contribution in [3.63, 3.8) is 0 Å². The normalized spacial score (nSPS) is 9.75. The summed E-state index contributed by atoms with van der Waals surface area (Å²) >= 11 is 3.28. The molecule has 0 atom stereocenters. The predicted octanol–water partition coefficient (Wildman–Crippen LogP) is 1.79. The number of carbonyl (C=O) groups is 1. The number of hydrogen-bond donors (Lipinski definition) is 0. The van der Waals surface area contributed by atoms with Gasteiger partial charge >= 0.3 is 0 Å². The number of carbonyl (C=O) groups excluding carboxylic acids is 1. The fraction of sp³-hybridized carbons (Fsp3) is 0.250. The third kappa shape index (κ3) is 2.62. The standard InChI is InChI=1S/C8H9BrN2O/c1-7(6-12)2-3-11-5-8(9)4-10-11/h4-6H,1-3H2. The average Bonchev–Trinajstić information content (AvgIpc) is 2.47. The molecule has 0 aliphatic heterocycles. The molecule has 0 saturated carbocycles. The monoisotopic (exact) mass is 228 g/mol. The van der Waals surface area contributed by atoms with Crippen LogP contribution in [0, 0.1) is 0 Å². The molecule has 0 fully saturated rings. The van der Waals surface area contributed by atoms with E-state index in [1.165, 1.54) is 0 Å². The maximum absolute atomic E-state index is 10.2. The summed E-state index contributed by atoms with van der Waals surface area (Å²) in [7, 11) is 0. The number of rotatable bonds is 4. The second-order valence-electron chi connectivity index (χ2n) is 2.45. The molecule has 1 aromatic heterocycles. The Bertz CT molecular complexity index is 293.